The third kappa shape index (κ3) is 4.50. The molecule has 1 rings (SSSR count). The third-order valence-corrected chi connectivity index (χ3v) is 1.62. The second kappa shape index (κ2) is 4.25. The summed E-state index contributed by atoms with van der Waals surface area (Å²) >= 11 is 0. The van der Waals surface area contributed by atoms with E-state index in [0.717, 1.165) is 0 Å². The van der Waals surface area contributed by atoms with Crippen molar-refractivity contribution in [1.82, 2.24) is 4.98 Å². The molecule has 1 aromatic heterocycles. The van der Waals surface area contributed by atoms with E-state index >= 15 is 0 Å². The first-order chi connectivity index (χ1) is 6.08. The maximum atomic E-state index is 11.7. The minimum Gasteiger partial charge on any atom is -0.261 e. The molecule has 13 heavy (non-hydrogen) atoms. The highest BCUT2D eigenvalue weighted by Crippen LogP contribution is 2.22. The van der Waals surface area contributed by atoms with Gasteiger partial charge in [0.2, 0.25) is 0 Å². The standard InChI is InChI=1S/C9H10F3N/c10-9(11,12)6-3-5-8-4-1-2-7-13-8/h1-2,4,7H,3,5-6H2. The molecule has 0 atom stereocenters. The molecule has 0 unspecified atom stereocenters. The summed E-state index contributed by atoms with van der Waals surface area (Å²) in [5.74, 6) is 0. The lowest BCUT2D eigenvalue weighted by molar-refractivity contribution is -0.135. The second-order valence-electron chi connectivity index (χ2n) is 2.79. The topological polar surface area (TPSA) is 12.9 Å². The van der Waals surface area contributed by atoms with Crippen LogP contribution in [0.3, 0.4) is 0 Å². The van der Waals surface area contributed by atoms with E-state index in [1.54, 1.807) is 24.4 Å². The zero-order chi connectivity index (χ0) is 9.73. The van der Waals surface area contributed by atoms with Gasteiger partial charge in [-0.15, -0.1) is 0 Å². The van der Waals surface area contributed by atoms with Crippen LogP contribution in [-0.2, 0) is 6.42 Å². The number of aryl methyl sites for hydroxylation is 1. The third-order valence-electron chi connectivity index (χ3n) is 1.62. The molecule has 0 spiro atoms. The lowest BCUT2D eigenvalue weighted by Gasteiger charge is -2.04. The zero-order valence-corrected chi connectivity index (χ0v) is 7.01. The molecule has 0 aliphatic rings. The van der Waals surface area contributed by atoms with Crippen LogP contribution in [0.25, 0.3) is 0 Å². The van der Waals surface area contributed by atoms with Crippen LogP contribution in [0.1, 0.15) is 18.5 Å². The summed E-state index contributed by atoms with van der Waals surface area (Å²) in [7, 11) is 0. The van der Waals surface area contributed by atoms with Gasteiger partial charge in [0, 0.05) is 18.3 Å². The van der Waals surface area contributed by atoms with Crippen LogP contribution in [0.4, 0.5) is 13.2 Å². The number of nitrogens with zero attached hydrogens (tertiary/aromatic N) is 1. The Hall–Kier alpha value is -1.06. The number of rotatable bonds is 3. The molecule has 0 fully saturated rings. The molecule has 1 heterocycles. The van der Waals surface area contributed by atoms with Crippen molar-refractivity contribution in [2.24, 2.45) is 0 Å². The fourth-order valence-electron chi connectivity index (χ4n) is 1.02. The number of halogens is 3. The Bertz CT molecular complexity index is 243. The Kier molecular flexibility index (Phi) is 3.28. The van der Waals surface area contributed by atoms with Crippen molar-refractivity contribution in [2.45, 2.75) is 25.4 Å². The first-order valence-electron chi connectivity index (χ1n) is 4.04. The maximum Gasteiger partial charge on any atom is 0.389 e. The summed E-state index contributed by atoms with van der Waals surface area (Å²) < 4.78 is 35.2. The van der Waals surface area contributed by atoms with E-state index in [-0.39, 0.29) is 6.42 Å². The largest absolute Gasteiger partial charge is 0.389 e. The maximum absolute atomic E-state index is 11.7. The van der Waals surface area contributed by atoms with Crippen LogP contribution < -0.4 is 0 Å². The number of aromatic nitrogens is 1. The van der Waals surface area contributed by atoms with E-state index in [2.05, 4.69) is 4.98 Å². The predicted molar refractivity (Wildman–Crippen MR) is 43.2 cm³/mol. The average molecular weight is 189 g/mol. The zero-order valence-electron chi connectivity index (χ0n) is 7.01. The number of hydrogen-bond acceptors (Lipinski definition) is 1. The molecule has 0 amide bonds. The second-order valence-corrected chi connectivity index (χ2v) is 2.79. The summed E-state index contributed by atoms with van der Waals surface area (Å²) in [6.07, 6.45) is -2.69. The van der Waals surface area contributed by atoms with Gasteiger partial charge in [-0.05, 0) is 25.0 Å². The van der Waals surface area contributed by atoms with E-state index in [9.17, 15) is 13.2 Å². The summed E-state index contributed by atoms with van der Waals surface area (Å²) in [5, 5.41) is 0. The normalized spacial score (nSPS) is 11.6. The van der Waals surface area contributed by atoms with Crippen LogP contribution in [0, 0.1) is 0 Å². The van der Waals surface area contributed by atoms with Gasteiger partial charge in [-0.2, -0.15) is 13.2 Å². The molecule has 4 heteroatoms. The first kappa shape index (κ1) is 10.0. The molecule has 0 aliphatic heterocycles. The smallest absolute Gasteiger partial charge is 0.261 e. The molecule has 0 aromatic carbocycles. The SMILES string of the molecule is FC(F)(F)CCCc1ccccn1. The minimum atomic E-state index is -4.05. The van der Waals surface area contributed by atoms with E-state index in [1.165, 1.54) is 0 Å². The molecular formula is C9H10F3N. The van der Waals surface area contributed by atoms with Crippen molar-refractivity contribution >= 4 is 0 Å². The molecule has 0 aliphatic carbocycles. The summed E-state index contributed by atoms with van der Waals surface area (Å²) in [6, 6.07) is 5.25. The average Bonchev–Trinajstić information content (AvgIpc) is 2.04. The van der Waals surface area contributed by atoms with Crippen molar-refractivity contribution in [1.29, 1.82) is 0 Å². The summed E-state index contributed by atoms with van der Waals surface area (Å²) in [5.41, 5.74) is 0.715. The molecule has 0 bridgehead atoms. The Balaban J connectivity index is 2.29. The van der Waals surface area contributed by atoms with Gasteiger partial charge in [0.1, 0.15) is 0 Å². The molecular weight excluding hydrogens is 179 g/mol. The van der Waals surface area contributed by atoms with Crippen LogP contribution in [0.2, 0.25) is 0 Å². The van der Waals surface area contributed by atoms with Crippen molar-refractivity contribution < 1.29 is 13.2 Å². The number of alkyl halides is 3. The number of pyridine rings is 1. The van der Waals surface area contributed by atoms with Crippen molar-refractivity contribution in [3.05, 3.63) is 30.1 Å². The fraction of sp³-hybridized carbons (Fsp3) is 0.444. The van der Waals surface area contributed by atoms with Gasteiger partial charge in [0.25, 0.3) is 0 Å². The van der Waals surface area contributed by atoms with Crippen LogP contribution in [0.15, 0.2) is 24.4 Å². The lowest BCUT2D eigenvalue weighted by atomic mass is 10.2. The molecule has 72 valence electrons. The Morgan fingerprint density at radius 2 is 2.00 bits per heavy atom. The van der Waals surface area contributed by atoms with Crippen LogP contribution in [0.5, 0.6) is 0 Å². The van der Waals surface area contributed by atoms with E-state index in [0.29, 0.717) is 12.1 Å². The van der Waals surface area contributed by atoms with Gasteiger partial charge in [-0.3, -0.25) is 4.98 Å². The van der Waals surface area contributed by atoms with Gasteiger partial charge >= 0.3 is 6.18 Å². The Morgan fingerprint density at radius 1 is 1.23 bits per heavy atom. The molecule has 1 aromatic rings. The van der Waals surface area contributed by atoms with Gasteiger partial charge in [0.15, 0.2) is 0 Å². The first-order valence-corrected chi connectivity index (χ1v) is 4.04. The predicted octanol–water partition coefficient (Wildman–Crippen LogP) is 2.97. The van der Waals surface area contributed by atoms with Gasteiger partial charge in [0.05, 0.1) is 0 Å². The summed E-state index contributed by atoms with van der Waals surface area (Å²) in [4.78, 5) is 3.93. The van der Waals surface area contributed by atoms with Crippen molar-refractivity contribution in [2.75, 3.05) is 0 Å². The molecule has 0 radical (unpaired) electrons. The van der Waals surface area contributed by atoms with Crippen LogP contribution >= 0.6 is 0 Å². The van der Waals surface area contributed by atoms with E-state index in [1.807, 2.05) is 0 Å². The van der Waals surface area contributed by atoms with Crippen molar-refractivity contribution in [3.8, 4) is 0 Å². The van der Waals surface area contributed by atoms with Gasteiger partial charge in [-0.1, -0.05) is 6.07 Å². The lowest BCUT2D eigenvalue weighted by Crippen LogP contribution is -2.07. The summed E-state index contributed by atoms with van der Waals surface area (Å²) in [6.45, 7) is 0. The van der Waals surface area contributed by atoms with E-state index < -0.39 is 12.6 Å². The number of hydrogen-bond donors (Lipinski definition) is 0. The Labute approximate surface area is 74.6 Å². The molecule has 0 saturated heterocycles. The minimum absolute atomic E-state index is 0.112. The highest BCUT2D eigenvalue weighted by molar-refractivity contribution is 5.03. The molecule has 1 nitrogen and oxygen atoms in total. The fourth-order valence-corrected chi connectivity index (χ4v) is 1.02. The van der Waals surface area contributed by atoms with Crippen molar-refractivity contribution in [3.63, 3.8) is 0 Å². The monoisotopic (exact) mass is 189 g/mol. The van der Waals surface area contributed by atoms with Gasteiger partial charge < -0.3 is 0 Å². The van der Waals surface area contributed by atoms with E-state index in [4.69, 9.17) is 0 Å². The molecule has 0 saturated carbocycles. The van der Waals surface area contributed by atoms with Crippen LogP contribution in [-0.4, -0.2) is 11.2 Å². The van der Waals surface area contributed by atoms with Gasteiger partial charge in [-0.25, -0.2) is 0 Å². The highest BCUT2D eigenvalue weighted by Gasteiger charge is 2.25. The highest BCUT2D eigenvalue weighted by atomic mass is 19.4. The Morgan fingerprint density at radius 3 is 2.54 bits per heavy atom. The molecule has 0 N–H and O–H groups in total. The quantitative estimate of drug-likeness (QED) is 0.712.